The number of aromatic amines is 1. The van der Waals surface area contributed by atoms with Crippen LogP contribution in [0.15, 0.2) is 0 Å². The minimum Gasteiger partial charge on any atom is -0.478 e. The molecule has 0 bridgehead atoms. The SMILES string of the molecule is CCN1CCC[C@H]1CNC(=O)c1[nH]c(C)c(C(=O)O)c1C. The molecule has 0 saturated carbocycles. The van der Waals surface area contributed by atoms with Gasteiger partial charge in [-0.05, 0) is 45.3 Å². The first kappa shape index (κ1) is 15.6. The Morgan fingerprint density at radius 3 is 2.71 bits per heavy atom. The predicted molar refractivity (Wildman–Crippen MR) is 79.8 cm³/mol. The van der Waals surface area contributed by atoms with Crippen molar-refractivity contribution in [1.29, 1.82) is 0 Å². The molecule has 1 aromatic rings. The monoisotopic (exact) mass is 293 g/mol. The number of aromatic carboxylic acids is 1. The highest BCUT2D eigenvalue weighted by atomic mass is 16.4. The number of nitrogens with zero attached hydrogens (tertiary/aromatic N) is 1. The quantitative estimate of drug-likeness (QED) is 0.769. The molecule has 2 heterocycles. The normalized spacial score (nSPS) is 18.9. The van der Waals surface area contributed by atoms with E-state index in [1.807, 2.05) is 0 Å². The highest BCUT2D eigenvalue weighted by Crippen LogP contribution is 2.19. The number of likely N-dealkylation sites (tertiary alicyclic amines) is 1. The van der Waals surface area contributed by atoms with E-state index in [4.69, 9.17) is 5.11 Å². The number of amides is 1. The van der Waals surface area contributed by atoms with E-state index < -0.39 is 5.97 Å². The van der Waals surface area contributed by atoms with Crippen molar-refractivity contribution >= 4 is 11.9 Å². The van der Waals surface area contributed by atoms with E-state index in [0.717, 1.165) is 25.9 Å². The van der Waals surface area contributed by atoms with Gasteiger partial charge in [-0.25, -0.2) is 4.79 Å². The van der Waals surface area contributed by atoms with Crippen LogP contribution in [0.1, 0.15) is 51.9 Å². The number of H-pyrrole nitrogens is 1. The molecule has 0 spiro atoms. The molecular formula is C15H23N3O3. The Bertz CT molecular complexity index is 551. The molecule has 1 atom stereocenters. The van der Waals surface area contributed by atoms with Gasteiger partial charge in [0.05, 0.1) is 5.56 Å². The summed E-state index contributed by atoms with van der Waals surface area (Å²) in [6.07, 6.45) is 2.26. The number of carbonyl (C=O) groups is 2. The van der Waals surface area contributed by atoms with Crippen molar-refractivity contribution in [3.05, 3.63) is 22.5 Å². The van der Waals surface area contributed by atoms with Crippen LogP contribution in [0.2, 0.25) is 0 Å². The van der Waals surface area contributed by atoms with Crippen molar-refractivity contribution in [1.82, 2.24) is 15.2 Å². The van der Waals surface area contributed by atoms with Gasteiger partial charge in [0.2, 0.25) is 0 Å². The molecule has 6 heteroatoms. The number of nitrogens with one attached hydrogen (secondary N) is 2. The first-order chi connectivity index (χ1) is 9.95. The molecule has 1 aromatic heterocycles. The summed E-state index contributed by atoms with van der Waals surface area (Å²) in [4.78, 5) is 28.7. The molecule has 1 aliphatic heterocycles. The Morgan fingerprint density at radius 2 is 2.14 bits per heavy atom. The average molecular weight is 293 g/mol. The van der Waals surface area contributed by atoms with Gasteiger partial charge in [0, 0.05) is 18.3 Å². The third kappa shape index (κ3) is 3.10. The molecule has 21 heavy (non-hydrogen) atoms. The Kier molecular flexibility index (Phi) is 4.67. The van der Waals surface area contributed by atoms with E-state index in [1.165, 1.54) is 0 Å². The van der Waals surface area contributed by atoms with E-state index in [9.17, 15) is 9.59 Å². The van der Waals surface area contributed by atoms with Crippen molar-refractivity contribution in [3.63, 3.8) is 0 Å². The Hall–Kier alpha value is -1.82. The predicted octanol–water partition coefficient (Wildman–Crippen LogP) is 1.54. The molecule has 0 aliphatic carbocycles. The maximum atomic E-state index is 12.3. The number of aromatic nitrogens is 1. The lowest BCUT2D eigenvalue weighted by Gasteiger charge is -2.22. The van der Waals surface area contributed by atoms with Crippen LogP contribution >= 0.6 is 0 Å². The van der Waals surface area contributed by atoms with Crippen molar-refractivity contribution in [3.8, 4) is 0 Å². The number of likely N-dealkylation sites (N-methyl/N-ethyl adjacent to an activating group) is 1. The molecule has 2 rings (SSSR count). The average Bonchev–Trinajstić information content (AvgIpc) is 2.99. The summed E-state index contributed by atoms with van der Waals surface area (Å²) in [6.45, 7) is 8.13. The zero-order chi connectivity index (χ0) is 15.6. The fourth-order valence-corrected chi connectivity index (χ4v) is 3.14. The number of rotatable bonds is 5. The van der Waals surface area contributed by atoms with E-state index in [-0.39, 0.29) is 11.5 Å². The first-order valence-electron chi connectivity index (χ1n) is 7.40. The van der Waals surface area contributed by atoms with Crippen LogP contribution in [-0.2, 0) is 0 Å². The molecule has 1 fully saturated rings. The van der Waals surface area contributed by atoms with E-state index in [1.54, 1.807) is 13.8 Å². The summed E-state index contributed by atoms with van der Waals surface area (Å²) in [5.41, 5.74) is 1.56. The lowest BCUT2D eigenvalue weighted by atomic mass is 10.1. The second kappa shape index (κ2) is 6.30. The van der Waals surface area contributed by atoms with Crippen LogP contribution in [0.5, 0.6) is 0 Å². The Labute approximate surface area is 124 Å². The van der Waals surface area contributed by atoms with Crippen LogP contribution in [0.3, 0.4) is 0 Å². The number of hydrogen-bond acceptors (Lipinski definition) is 3. The molecule has 0 radical (unpaired) electrons. The Balaban J connectivity index is 2.04. The van der Waals surface area contributed by atoms with Crippen LogP contribution < -0.4 is 5.32 Å². The largest absolute Gasteiger partial charge is 0.478 e. The molecule has 1 amide bonds. The third-order valence-corrected chi connectivity index (χ3v) is 4.28. The number of carbonyl (C=O) groups excluding carboxylic acids is 1. The summed E-state index contributed by atoms with van der Waals surface area (Å²) in [5, 5.41) is 12.1. The van der Waals surface area contributed by atoms with Gasteiger partial charge in [0.1, 0.15) is 5.69 Å². The number of hydrogen-bond donors (Lipinski definition) is 3. The van der Waals surface area contributed by atoms with Crippen molar-refractivity contribution in [2.45, 2.75) is 39.7 Å². The maximum Gasteiger partial charge on any atom is 0.337 e. The van der Waals surface area contributed by atoms with Gasteiger partial charge in [-0.1, -0.05) is 6.92 Å². The standard InChI is InChI=1S/C15H23N3O3/c1-4-18-7-5-6-11(18)8-16-14(19)13-9(2)12(15(20)21)10(3)17-13/h11,17H,4-8H2,1-3H3,(H,16,19)(H,20,21)/t11-/m0/s1. The molecule has 0 aromatic carbocycles. The van der Waals surface area contributed by atoms with Crippen LogP contribution in [0.4, 0.5) is 0 Å². The second-order valence-electron chi connectivity index (χ2n) is 5.56. The molecule has 0 unspecified atom stereocenters. The van der Waals surface area contributed by atoms with E-state index in [2.05, 4.69) is 22.1 Å². The molecular weight excluding hydrogens is 270 g/mol. The number of carboxylic acids is 1. The van der Waals surface area contributed by atoms with Crippen LogP contribution in [0, 0.1) is 13.8 Å². The van der Waals surface area contributed by atoms with Crippen molar-refractivity contribution < 1.29 is 14.7 Å². The fraction of sp³-hybridized carbons (Fsp3) is 0.600. The zero-order valence-corrected chi connectivity index (χ0v) is 12.8. The first-order valence-corrected chi connectivity index (χ1v) is 7.40. The van der Waals surface area contributed by atoms with Crippen LogP contribution in [0.25, 0.3) is 0 Å². The summed E-state index contributed by atoms with van der Waals surface area (Å²) in [6, 6.07) is 0.384. The third-order valence-electron chi connectivity index (χ3n) is 4.28. The number of carboxylic acid groups (broad SMARTS) is 1. The lowest BCUT2D eigenvalue weighted by Crippen LogP contribution is -2.40. The molecule has 3 N–H and O–H groups in total. The van der Waals surface area contributed by atoms with Gasteiger partial charge in [0.15, 0.2) is 0 Å². The van der Waals surface area contributed by atoms with Gasteiger partial charge in [0.25, 0.3) is 5.91 Å². The highest BCUT2D eigenvalue weighted by Gasteiger charge is 2.25. The van der Waals surface area contributed by atoms with E-state index >= 15 is 0 Å². The van der Waals surface area contributed by atoms with Gasteiger partial charge in [-0.3, -0.25) is 9.69 Å². The summed E-state index contributed by atoms with van der Waals surface area (Å²) >= 11 is 0. The van der Waals surface area contributed by atoms with Gasteiger partial charge < -0.3 is 15.4 Å². The number of aryl methyl sites for hydroxylation is 1. The zero-order valence-electron chi connectivity index (χ0n) is 12.8. The van der Waals surface area contributed by atoms with Crippen molar-refractivity contribution in [2.75, 3.05) is 19.6 Å². The second-order valence-corrected chi connectivity index (χ2v) is 5.56. The minimum atomic E-state index is -1.01. The topological polar surface area (TPSA) is 85.4 Å². The lowest BCUT2D eigenvalue weighted by molar-refractivity contribution is 0.0695. The molecule has 1 saturated heterocycles. The smallest absolute Gasteiger partial charge is 0.337 e. The van der Waals surface area contributed by atoms with Gasteiger partial charge >= 0.3 is 5.97 Å². The minimum absolute atomic E-state index is 0.191. The molecule has 116 valence electrons. The van der Waals surface area contributed by atoms with E-state index in [0.29, 0.717) is 29.5 Å². The summed E-state index contributed by atoms with van der Waals surface area (Å²) in [7, 11) is 0. The van der Waals surface area contributed by atoms with Crippen molar-refractivity contribution in [2.24, 2.45) is 0 Å². The molecule has 6 nitrogen and oxygen atoms in total. The maximum absolute atomic E-state index is 12.3. The van der Waals surface area contributed by atoms with Crippen LogP contribution in [-0.4, -0.2) is 52.5 Å². The molecule has 1 aliphatic rings. The fourth-order valence-electron chi connectivity index (χ4n) is 3.14. The van der Waals surface area contributed by atoms with Gasteiger partial charge in [-0.15, -0.1) is 0 Å². The summed E-state index contributed by atoms with van der Waals surface area (Å²) < 4.78 is 0. The van der Waals surface area contributed by atoms with Gasteiger partial charge in [-0.2, -0.15) is 0 Å². The highest BCUT2D eigenvalue weighted by molar-refractivity contribution is 5.99. The Morgan fingerprint density at radius 1 is 1.43 bits per heavy atom. The summed E-state index contributed by atoms with van der Waals surface area (Å²) in [5.74, 6) is -1.24.